The van der Waals surface area contributed by atoms with Gasteiger partial charge >= 0.3 is 0 Å². The number of hydrogen-bond donors (Lipinski definition) is 0. The zero-order chi connectivity index (χ0) is 13.2. The van der Waals surface area contributed by atoms with Gasteiger partial charge in [0.2, 0.25) is 0 Å². The maximum absolute atomic E-state index is 11.0. The third-order valence-electron chi connectivity index (χ3n) is 4.08. The number of carbonyl (C=O) groups is 1. The van der Waals surface area contributed by atoms with Gasteiger partial charge in [0, 0.05) is 18.7 Å². The van der Waals surface area contributed by atoms with Gasteiger partial charge in [0.15, 0.2) is 0 Å². The highest BCUT2D eigenvalue weighted by molar-refractivity contribution is 5.99. The summed E-state index contributed by atoms with van der Waals surface area (Å²) in [5, 5.41) is 0. The first-order valence-corrected chi connectivity index (χ1v) is 6.74. The smallest absolute Gasteiger partial charge is 0.135 e. The van der Waals surface area contributed by atoms with E-state index in [0.717, 1.165) is 24.1 Å². The van der Waals surface area contributed by atoms with E-state index in [2.05, 4.69) is 32.7 Å². The van der Waals surface area contributed by atoms with Crippen LogP contribution in [0.1, 0.15) is 54.4 Å². The second kappa shape index (κ2) is 5.32. The van der Waals surface area contributed by atoms with Gasteiger partial charge in [0.1, 0.15) is 5.78 Å². The molecule has 0 heterocycles. The van der Waals surface area contributed by atoms with Crippen molar-refractivity contribution in [3.63, 3.8) is 0 Å². The first-order chi connectivity index (χ1) is 7.75. The Morgan fingerprint density at radius 3 is 2.29 bits per heavy atom. The predicted molar refractivity (Wildman–Crippen MR) is 73.5 cm³/mol. The summed E-state index contributed by atoms with van der Waals surface area (Å²) in [4.78, 5) is 15.5. The topological polar surface area (TPSA) is 29.4 Å². The molecule has 0 radical (unpaired) electrons. The Bertz CT molecular complexity index is 315. The van der Waals surface area contributed by atoms with Crippen LogP contribution in [0.2, 0.25) is 0 Å². The normalized spacial score (nSPS) is 27.4. The molecule has 1 aliphatic rings. The third-order valence-corrected chi connectivity index (χ3v) is 4.08. The molecule has 1 saturated carbocycles. The molecule has 0 aromatic rings. The maximum Gasteiger partial charge on any atom is 0.135 e. The molecule has 1 fully saturated rings. The van der Waals surface area contributed by atoms with Gasteiger partial charge < -0.3 is 0 Å². The van der Waals surface area contributed by atoms with Gasteiger partial charge in [-0.1, -0.05) is 27.7 Å². The second-order valence-corrected chi connectivity index (χ2v) is 6.62. The van der Waals surface area contributed by atoms with Crippen molar-refractivity contribution in [3.05, 3.63) is 0 Å². The van der Waals surface area contributed by atoms with E-state index in [9.17, 15) is 4.79 Å². The Hall–Kier alpha value is -0.660. The number of ketones is 1. The van der Waals surface area contributed by atoms with Crippen LogP contribution < -0.4 is 0 Å². The molecule has 0 aromatic heterocycles. The van der Waals surface area contributed by atoms with Crippen LogP contribution in [0, 0.1) is 23.2 Å². The van der Waals surface area contributed by atoms with E-state index in [1.165, 1.54) is 6.42 Å². The van der Waals surface area contributed by atoms with Crippen LogP contribution in [-0.4, -0.2) is 18.0 Å². The van der Waals surface area contributed by atoms with Crippen LogP contribution in [0.15, 0.2) is 4.99 Å². The minimum atomic E-state index is 0.208. The van der Waals surface area contributed by atoms with Crippen molar-refractivity contribution in [3.8, 4) is 0 Å². The SMILES string of the molecule is CC(=O)CC(C)=NC[C@@H]1[C@H](CC(C)C)C1(C)C. The van der Waals surface area contributed by atoms with E-state index in [0.29, 0.717) is 17.8 Å². The van der Waals surface area contributed by atoms with Crippen molar-refractivity contribution in [2.45, 2.75) is 54.4 Å². The highest BCUT2D eigenvalue weighted by Gasteiger charge is 2.56. The average molecular weight is 237 g/mol. The Kier molecular flexibility index (Phi) is 4.51. The van der Waals surface area contributed by atoms with Gasteiger partial charge in [0.25, 0.3) is 0 Å². The van der Waals surface area contributed by atoms with E-state index in [1.54, 1.807) is 6.92 Å². The van der Waals surface area contributed by atoms with E-state index in [-0.39, 0.29) is 5.78 Å². The number of carbonyl (C=O) groups excluding carboxylic acids is 1. The molecule has 2 nitrogen and oxygen atoms in total. The van der Waals surface area contributed by atoms with Gasteiger partial charge in [-0.3, -0.25) is 9.79 Å². The number of aliphatic imine (C=N–C) groups is 1. The minimum absolute atomic E-state index is 0.208. The lowest BCUT2D eigenvalue weighted by atomic mass is 10.0. The number of rotatable bonds is 6. The van der Waals surface area contributed by atoms with Crippen LogP contribution in [-0.2, 0) is 4.79 Å². The zero-order valence-corrected chi connectivity index (χ0v) is 12.2. The lowest BCUT2D eigenvalue weighted by Gasteiger charge is -2.04. The molecule has 2 heteroatoms. The average Bonchev–Trinajstić information content (AvgIpc) is 2.62. The third kappa shape index (κ3) is 3.93. The van der Waals surface area contributed by atoms with Crippen LogP contribution in [0.3, 0.4) is 0 Å². The lowest BCUT2D eigenvalue weighted by Crippen LogP contribution is -2.03. The van der Waals surface area contributed by atoms with Crippen molar-refractivity contribution < 1.29 is 4.79 Å². The molecule has 0 bridgehead atoms. The molecule has 0 aromatic carbocycles. The van der Waals surface area contributed by atoms with E-state index in [4.69, 9.17) is 0 Å². The molecule has 0 aliphatic heterocycles. The standard InChI is InChI=1S/C15H27NO/c1-10(2)7-13-14(15(13,5)6)9-16-11(3)8-12(4)17/h10,13-14H,7-9H2,1-6H3/t13-,14+/m0/s1. The summed E-state index contributed by atoms with van der Waals surface area (Å²) in [6.45, 7) is 13.8. The monoisotopic (exact) mass is 237 g/mol. The Balaban J connectivity index is 2.46. The van der Waals surface area contributed by atoms with Crippen molar-refractivity contribution in [1.29, 1.82) is 0 Å². The molecule has 0 amide bonds. The Morgan fingerprint density at radius 1 is 1.24 bits per heavy atom. The molecule has 98 valence electrons. The number of hydrogen-bond acceptors (Lipinski definition) is 2. The first kappa shape index (κ1) is 14.4. The van der Waals surface area contributed by atoms with Crippen molar-refractivity contribution in [2.24, 2.45) is 28.2 Å². The van der Waals surface area contributed by atoms with Crippen LogP contribution in [0.4, 0.5) is 0 Å². The molecule has 2 atom stereocenters. The molecule has 0 spiro atoms. The van der Waals surface area contributed by atoms with Gasteiger partial charge in [-0.15, -0.1) is 0 Å². The Morgan fingerprint density at radius 2 is 1.82 bits per heavy atom. The van der Waals surface area contributed by atoms with E-state index < -0.39 is 0 Å². The van der Waals surface area contributed by atoms with E-state index in [1.807, 2.05) is 6.92 Å². The number of nitrogens with zero attached hydrogens (tertiary/aromatic N) is 1. The quantitative estimate of drug-likeness (QED) is 0.647. The summed E-state index contributed by atoms with van der Waals surface area (Å²) in [5.41, 5.74) is 1.44. The summed E-state index contributed by atoms with van der Waals surface area (Å²) >= 11 is 0. The molecule has 1 aliphatic carbocycles. The summed E-state index contributed by atoms with van der Waals surface area (Å²) in [7, 11) is 0. The van der Waals surface area contributed by atoms with Crippen molar-refractivity contribution in [2.75, 3.05) is 6.54 Å². The molecule has 1 rings (SSSR count). The van der Waals surface area contributed by atoms with E-state index >= 15 is 0 Å². The predicted octanol–water partition coefficient (Wildman–Crippen LogP) is 3.74. The molecular formula is C15H27NO. The highest BCUT2D eigenvalue weighted by Crippen LogP contribution is 2.60. The van der Waals surface area contributed by atoms with Gasteiger partial charge in [-0.25, -0.2) is 0 Å². The lowest BCUT2D eigenvalue weighted by molar-refractivity contribution is -0.115. The highest BCUT2D eigenvalue weighted by atomic mass is 16.1. The zero-order valence-electron chi connectivity index (χ0n) is 12.2. The van der Waals surface area contributed by atoms with Crippen LogP contribution in [0.25, 0.3) is 0 Å². The Labute approximate surface area is 106 Å². The van der Waals surface area contributed by atoms with Gasteiger partial charge in [-0.2, -0.15) is 0 Å². The van der Waals surface area contributed by atoms with Gasteiger partial charge in [0.05, 0.1) is 0 Å². The summed E-state index contributed by atoms with van der Waals surface area (Å²) < 4.78 is 0. The maximum atomic E-state index is 11.0. The summed E-state index contributed by atoms with van der Waals surface area (Å²) in [5.74, 6) is 2.51. The first-order valence-electron chi connectivity index (χ1n) is 6.74. The fourth-order valence-corrected chi connectivity index (χ4v) is 2.87. The van der Waals surface area contributed by atoms with Gasteiger partial charge in [-0.05, 0) is 43.4 Å². The van der Waals surface area contributed by atoms with Crippen molar-refractivity contribution in [1.82, 2.24) is 0 Å². The largest absolute Gasteiger partial charge is 0.300 e. The summed E-state index contributed by atoms with van der Waals surface area (Å²) in [6, 6.07) is 0. The second-order valence-electron chi connectivity index (χ2n) is 6.62. The molecular weight excluding hydrogens is 210 g/mol. The van der Waals surface area contributed by atoms with Crippen LogP contribution >= 0.6 is 0 Å². The fraction of sp³-hybridized carbons (Fsp3) is 0.867. The summed E-state index contributed by atoms with van der Waals surface area (Å²) in [6.07, 6.45) is 1.82. The molecule has 0 unspecified atom stereocenters. The van der Waals surface area contributed by atoms with Crippen LogP contribution in [0.5, 0.6) is 0 Å². The number of Topliss-reactive ketones (excluding diaryl/α,β-unsaturated/α-hetero) is 1. The fourth-order valence-electron chi connectivity index (χ4n) is 2.87. The molecule has 0 saturated heterocycles. The molecule has 0 N–H and O–H groups in total. The van der Waals surface area contributed by atoms with Crippen molar-refractivity contribution >= 4 is 11.5 Å². The minimum Gasteiger partial charge on any atom is -0.300 e. The molecule has 17 heavy (non-hydrogen) atoms.